The molecule has 228 valence electrons. The zero-order chi connectivity index (χ0) is 30.9. The predicted molar refractivity (Wildman–Crippen MR) is 167 cm³/mol. The van der Waals surface area contributed by atoms with Crippen LogP contribution in [0.25, 0.3) is 10.9 Å². The van der Waals surface area contributed by atoms with Crippen molar-refractivity contribution in [3.63, 3.8) is 0 Å². The average molecular weight is 625 g/mol. The van der Waals surface area contributed by atoms with Gasteiger partial charge in [-0.2, -0.15) is 4.31 Å². The highest BCUT2D eigenvalue weighted by molar-refractivity contribution is 7.91. The van der Waals surface area contributed by atoms with E-state index < -0.39 is 22.2 Å². The largest absolute Gasteiger partial charge is 0.488 e. The zero-order valence-electron chi connectivity index (χ0n) is 24.6. The molecular weight excluding hydrogens is 588 g/mol. The summed E-state index contributed by atoms with van der Waals surface area (Å²) in [7, 11) is -0.268. The fraction of sp³-hybridized carbons (Fsp3) is 0.355. The predicted octanol–water partition coefficient (Wildman–Crippen LogP) is 3.96. The number of thiophene rings is 1. The molecule has 5 rings (SSSR count). The van der Waals surface area contributed by atoms with Crippen molar-refractivity contribution in [2.75, 3.05) is 32.1 Å². The highest BCUT2D eigenvalue weighted by Gasteiger charge is 2.35. The molecule has 1 aliphatic heterocycles. The number of nitrogens with one attached hydrogen (secondary N) is 1. The topological polar surface area (TPSA) is 121 Å². The number of amides is 2. The summed E-state index contributed by atoms with van der Waals surface area (Å²) in [6.07, 6.45) is 1.50. The van der Waals surface area contributed by atoms with Gasteiger partial charge < -0.3 is 24.6 Å². The molecule has 0 bridgehead atoms. The molecule has 2 amide bonds. The lowest BCUT2D eigenvalue weighted by Gasteiger charge is -2.38. The summed E-state index contributed by atoms with van der Waals surface area (Å²) in [5.41, 5.74) is 2.58. The highest BCUT2D eigenvalue weighted by Crippen LogP contribution is 2.32. The van der Waals surface area contributed by atoms with E-state index in [0.29, 0.717) is 5.69 Å². The van der Waals surface area contributed by atoms with E-state index in [4.69, 9.17) is 4.74 Å². The Morgan fingerprint density at radius 3 is 2.70 bits per heavy atom. The number of anilines is 1. The number of aliphatic hydroxyl groups excluding tert-OH is 1. The lowest BCUT2D eigenvalue weighted by Crippen LogP contribution is -2.50. The number of fused-ring (bicyclic) bond motifs is 2. The number of likely N-dealkylation sites (N-methyl/N-ethyl adjacent to an activating group) is 1. The maximum Gasteiger partial charge on any atom is 0.258 e. The first kappa shape index (κ1) is 30.7. The maximum atomic E-state index is 13.8. The molecule has 0 saturated heterocycles. The van der Waals surface area contributed by atoms with Gasteiger partial charge in [0.1, 0.15) is 16.1 Å². The number of carbonyl (C=O) groups is 2. The van der Waals surface area contributed by atoms with E-state index in [1.807, 2.05) is 49.0 Å². The second-order valence-corrected chi connectivity index (χ2v) is 14.3. The summed E-state index contributed by atoms with van der Waals surface area (Å²) >= 11 is 1.15. The molecule has 4 aromatic rings. The Morgan fingerprint density at radius 1 is 1.21 bits per heavy atom. The Hall–Kier alpha value is -3.71. The minimum atomic E-state index is -3.72. The quantitative estimate of drug-likeness (QED) is 0.291. The summed E-state index contributed by atoms with van der Waals surface area (Å²) in [6, 6.07) is 15.5. The number of hydrogen-bond donors (Lipinski definition) is 2. The summed E-state index contributed by atoms with van der Waals surface area (Å²) in [5.74, 6) is -0.549. The molecule has 2 N–H and O–H groups in total. The number of aromatic nitrogens is 1. The van der Waals surface area contributed by atoms with E-state index in [0.717, 1.165) is 27.8 Å². The van der Waals surface area contributed by atoms with Gasteiger partial charge in [-0.25, -0.2) is 8.42 Å². The van der Waals surface area contributed by atoms with E-state index in [1.165, 1.54) is 11.4 Å². The van der Waals surface area contributed by atoms with Gasteiger partial charge in [0.2, 0.25) is 5.91 Å². The van der Waals surface area contributed by atoms with Crippen molar-refractivity contribution in [1.29, 1.82) is 0 Å². The molecule has 0 unspecified atom stereocenters. The smallest absolute Gasteiger partial charge is 0.258 e. The Morgan fingerprint density at radius 2 is 1.98 bits per heavy atom. The monoisotopic (exact) mass is 624 g/mol. The number of rotatable bonds is 9. The van der Waals surface area contributed by atoms with Gasteiger partial charge in [0.15, 0.2) is 0 Å². The van der Waals surface area contributed by atoms with Crippen LogP contribution in [0.4, 0.5) is 5.69 Å². The van der Waals surface area contributed by atoms with Crippen LogP contribution in [0.5, 0.6) is 5.75 Å². The molecule has 12 heteroatoms. The number of para-hydroxylation sites is 1. The maximum absolute atomic E-state index is 13.8. The van der Waals surface area contributed by atoms with Gasteiger partial charge in [0.25, 0.3) is 15.9 Å². The number of benzene rings is 2. The average Bonchev–Trinajstić information content (AvgIpc) is 3.64. The number of aryl methyl sites for hydroxylation is 1. The lowest BCUT2D eigenvalue weighted by molar-refractivity contribution is -0.115. The second-order valence-electron chi connectivity index (χ2n) is 11.1. The van der Waals surface area contributed by atoms with Gasteiger partial charge in [-0.3, -0.25) is 9.59 Å². The Labute approximate surface area is 255 Å². The molecule has 2 aromatic carbocycles. The first-order valence-electron chi connectivity index (χ1n) is 14.0. The Kier molecular flexibility index (Phi) is 8.93. The van der Waals surface area contributed by atoms with Crippen molar-refractivity contribution in [2.45, 2.75) is 36.6 Å². The SMILES string of the molecule is C[C@@H]1CN([C@H](C)CO)C(=O)c2cc(NC(=O)Cc3cn(C)c4ccccc34)ccc2O[C@@H]1CN(C)S(=O)(=O)c1cccs1. The van der Waals surface area contributed by atoms with Crippen molar-refractivity contribution < 1.29 is 27.9 Å². The summed E-state index contributed by atoms with van der Waals surface area (Å²) in [5, 5.41) is 15.6. The van der Waals surface area contributed by atoms with Gasteiger partial charge in [-0.15, -0.1) is 11.3 Å². The van der Waals surface area contributed by atoms with Gasteiger partial charge in [0.05, 0.1) is 31.2 Å². The van der Waals surface area contributed by atoms with Crippen LogP contribution in [0.2, 0.25) is 0 Å². The molecule has 1 aliphatic rings. The van der Waals surface area contributed by atoms with Crippen molar-refractivity contribution in [3.8, 4) is 5.75 Å². The van der Waals surface area contributed by atoms with Crippen LogP contribution in [0, 0.1) is 5.92 Å². The van der Waals surface area contributed by atoms with Crippen LogP contribution >= 0.6 is 11.3 Å². The summed E-state index contributed by atoms with van der Waals surface area (Å²) in [6.45, 7) is 3.71. The van der Waals surface area contributed by atoms with Crippen molar-refractivity contribution in [3.05, 3.63) is 77.3 Å². The molecule has 3 heterocycles. The van der Waals surface area contributed by atoms with E-state index >= 15 is 0 Å². The highest BCUT2D eigenvalue weighted by atomic mass is 32.2. The number of nitrogens with zero attached hydrogens (tertiary/aromatic N) is 3. The van der Waals surface area contributed by atoms with Crippen LogP contribution in [0.1, 0.15) is 29.8 Å². The molecular formula is C31H36N4O6S2. The number of sulfonamides is 1. The summed E-state index contributed by atoms with van der Waals surface area (Å²) in [4.78, 5) is 28.4. The third-order valence-electron chi connectivity index (χ3n) is 7.88. The number of ether oxygens (including phenoxy) is 1. The number of carbonyl (C=O) groups excluding carboxylic acids is 2. The van der Waals surface area contributed by atoms with Gasteiger partial charge in [0, 0.05) is 49.3 Å². The van der Waals surface area contributed by atoms with Crippen LogP contribution in [0.3, 0.4) is 0 Å². The normalized spacial score (nSPS) is 18.2. The molecule has 0 radical (unpaired) electrons. The van der Waals surface area contributed by atoms with Gasteiger partial charge in [-0.1, -0.05) is 31.2 Å². The Bertz CT molecular complexity index is 1730. The van der Waals surface area contributed by atoms with Crippen LogP contribution < -0.4 is 10.1 Å². The lowest BCUT2D eigenvalue weighted by atomic mass is 9.99. The van der Waals surface area contributed by atoms with E-state index in [1.54, 1.807) is 47.5 Å². The molecule has 0 aliphatic carbocycles. The van der Waals surface area contributed by atoms with E-state index in [2.05, 4.69) is 5.32 Å². The van der Waals surface area contributed by atoms with Crippen molar-refractivity contribution in [1.82, 2.24) is 13.8 Å². The minimum Gasteiger partial charge on any atom is -0.488 e. The van der Waals surface area contributed by atoms with Gasteiger partial charge >= 0.3 is 0 Å². The molecule has 10 nitrogen and oxygen atoms in total. The van der Waals surface area contributed by atoms with Crippen LogP contribution in [-0.4, -0.2) is 78.0 Å². The molecule has 2 aromatic heterocycles. The molecule has 3 atom stereocenters. The van der Waals surface area contributed by atoms with E-state index in [9.17, 15) is 23.1 Å². The number of aliphatic hydroxyl groups is 1. The minimum absolute atomic E-state index is 0.0555. The van der Waals surface area contributed by atoms with Crippen LogP contribution in [-0.2, 0) is 28.3 Å². The fourth-order valence-corrected chi connectivity index (χ4v) is 7.76. The standard InChI is InChI=1S/C31H36N4O6S2/c1-20-16-35(21(2)19-36)31(38)25-15-23(32-29(37)14-22-17-33(3)26-9-6-5-8-24(22)26)11-12-27(25)41-28(20)18-34(4)43(39,40)30-10-7-13-42-30/h5-13,15,17,20-21,28,36H,14,16,18-19H2,1-4H3,(H,32,37)/t20-,21-,28-/m1/s1. The first-order chi connectivity index (χ1) is 20.5. The number of hydrogen-bond acceptors (Lipinski definition) is 7. The third-order valence-corrected chi connectivity index (χ3v) is 11.1. The first-order valence-corrected chi connectivity index (χ1v) is 16.4. The van der Waals surface area contributed by atoms with E-state index in [-0.39, 0.29) is 59.4 Å². The van der Waals surface area contributed by atoms with Crippen molar-refractivity contribution in [2.24, 2.45) is 13.0 Å². The second kappa shape index (κ2) is 12.5. The third kappa shape index (κ3) is 6.32. The molecule has 0 spiro atoms. The molecule has 43 heavy (non-hydrogen) atoms. The van der Waals surface area contributed by atoms with Crippen molar-refractivity contribution >= 4 is 49.8 Å². The van der Waals surface area contributed by atoms with Gasteiger partial charge in [-0.05, 0) is 48.2 Å². The van der Waals surface area contributed by atoms with Crippen LogP contribution in [0.15, 0.2) is 70.4 Å². The molecule has 0 fully saturated rings. The fourth-order valence-electron chi connectivity index (χ4n) is 5.38. The Balaban J connectivity index is 1.41. The molecule has 0 saturated carbocycles. The zero-order valence-corrected chi connectivity index (χ0v) is 26.2. The summed E-state index contributed by atoms with van der Waals surface area (Å²) < 4.78 is 36.1.